The Labute approximate surface area is 211 Å². The number of carbonyl (C=O) groups is 1. The summed E-state index contributed by atoms with van der Waals surface area (Å²) in [5.74, 6) is -0.812. The second kappa shape index (κ2) is 9.96. The van der Waals surface area contributed by atoms with Gasteiger partial charge in [-0.15, -0.1) is 0 Å². The SMILES string of the molecule is CC(=O)N1CCN(c2cccc(S(=O)(=O)Nc3ccc(C(F)(F)F)c(-c4cc(F)ccc4C)n3)n2)CC1. The molecule has 0 bridgehead atoms. The number of hydrogen-bond acceptors (Lipinski definition) is 6. The number of benzene rings is 1. The minimum absolute atomic E-state index is 0.0509. The van der Waals surface area contributed by atoms with Gasteiger partial charge in [-0.25, -0.2) is 14.4 Å². The first kappa shape index (κ1) is 26.3. The molecule has 3 aromatic rings. The monoisotopic (exact) mass is 537 g/mol. The lowest BCUT2D eigenvalue weighted by Gasteiger charge is -2.35. The van der Waals surface area contributed by atoms with Crippen molar-refractivity contribution in [1.29, 1.82) is 0 Å². The van der Waals surface area contributed by atoms with Gasteiger partial charge in [-0.05, 0) is 48.9 Å². The Morgan fingerprint density at radius 3 is 2.35 bits per heavy atom. The van der Waals surface area contributed by atoms with Crippen LogP contribution in [-0.4, -0.2) is 55.4 Å². The van der Waals surface area contributed by atoms with E-state index in [0.29, 0.717) is 43.6 Å². The summed E-state index contributed by atoms with van der Waals surface area (Å²) in [6.45, 7) is 4.82. The number of aryl methyl sites for hydroxylation is 1. The Morgan fingerprint density at radius 1 is 1.00 bits per heavy atom. The van der Waals surface area contributed by atoms with Crippen molar-refractivity contribution in [3.05, 3.63) is 65.5 Å². The van der Waals surface area contributed by atoms with Gasteiger partial charge in [-0.2, -0.15) is 21.6 Å². The lowest BCUT2D eigenvalue weighted by atomic mass is 10.0. The Morgan fingerprint density at radius 2 is 1.70 bits per heavy atom. The maximum Gasteiger partial charge on any atom is 0.418 e. The number of halogens is 4. The van der Waals surface area contributed by atoms with E-state index in [1.54, 1.807) is 11.0 Å². The third kappa shape index (κ3) is 5.82. The van der Waals surface area contributed by atoms with Crippen LogP contribution in [-0.2, 0) is 21.0 Å². The van der Waals surface area contributed by atoms with E-state index in [9.17, 15) is 30.8 Å². The molecule has 1 amide bonds. The molecule has 196 valence electrons. The number of aromatic nitrogens is 2. The molecule has 1 fully saturated rings. The molecule has 37 heavy (non-hydrogen) atoms. The lowest BCUT2D eigenvalue weighted by molar-refractivity contribution is -0.137. The summed E-state index contributed by atoms with van der Waals surface area (Å²) in [5.41, 5.74) is -1.51. The molecule has 1 N–H and O–H groups in total. The fraction of sp³-hybridized carbons (Fsp3) is 0.292. The molecule has 0 aliphatic carbocycles. The van der Waals surface area contributed by atoms with Gasteiger partial charge in [0, 0.05) is 38.7 Å². The highest BCUT2D eigenvalue weighted by Gasteiger charge is 2.35. The number of alkyl halides is 3. The van der Waals surface area contributed by atoms with Crippen molar-refractivity contribution in [2.45, 2.75) is 25.0 Å². The first-order chi connectivity index (χ1) is 17.3. The number of pyridine rings is 2. The number of piperazine rings is 1. The standard InChI is InChI=1S/C24H23F4N5O3S/c1-15-6-7-17(25)14-18(15)23-19(24(26,27)28)8-9-20(29-23)31-37(35,36)22-5-3-4-21(30-22)33-12-10-32(11-13-33)16(2)34/h3-9,14H,10-13H2,1-2H3,(H,29,31). The minimum Gasteiger partial charge on any atom is -0.353 e. The summed E-state index contributed by atoms with van der Waals surface area (Å²) in [4.78, 5) is 23.2. The number of nitrogens with zero attached hydrogens (tertiary/aromatic N) is 4. The number of nitrogens with one attached hydrogen (secondary N) is 1. The molecule has 1 aromatic carbocycles. The summed E-state index contributed by atoms with van der Waals surface area (Å²) < 4.78 is 83.2. The van der Waals surface area contributed by atoms with Crippen molar-refractivity contribution in [2.24, 2.45) is 0 Å². The second-order valence-corrected chi connectivity index (χ2v) is 10.1. The maximum atomic E-state index is 13.9. The van der Waals surface area contributed by atoms with Crippen molar-refractivity contribution in [1.82, 2.24) is 14.9 Å². The van der Waals surface area contributed by atoms with Gasteiger partial charge in [0.1, 0.15) is 17.5 Å². The maximum absolute atomic E-state index is 13.9. The number of sulfonamides is 1. The van der Waals surface area contributed by atoms with Crippen LogP contribution < -0.4 is 9.62 Å². The van der Waals surface area contributed by atoms with E-state index in [1.807, 2.05) is 4.90 Å². The average molecular weight is 538 g/mol. The van der Waals surface area contributed by atoms with Gasteiger partial charge in [0.15, 0.2) is 5.03 Å². The molecule has 0 saturated carbocycles. The van der Waals surface area contributed by atoms with Crippen molar-refractivity contribution in [3.8, 4) is 11.3 Å². The van der Waals surface area contributed by atoms with E-state index in [2.05, 4.69) is 14.7 Å². The van der Waals surface area contributed by atoms with Crippen LogP contribution in [0.25, 0.3) is 11.3 Å². The van der Waals surface area contributed by atoms with Gasteiger partial charge >= 0.3 is 6.18 Å². The molecule has 0 atom stereocenters. The predicted octanol–water partition coefficient (Wildman–Crippen LogP) is 4.08. The number of hydrogen-bond donors (Lipinski definition) is 1. The van der Waals surface area contributed by atoms with Crippen LogP contribution in [0.15, 0.2) is 53.6 Å². The van der Waals surface area contributed by atoms with Gasteiger partial charge in [0.25, 0.3) is 10.0 Å². The fourth-order valence-electron chi connectivity index (χ4n) is 3.97. The van der Waals surface area contributed by atoms with Gasteiger partial charge < -0.3 is 9.80 Å². The van der Waals surface area contributed by atoms with Crippen molar-refractivity contribution >= 4 is 27.6 Å². The topological polar surface area (TPSA) is 95.5 Å². The Bertz CT molecular complexity index is 1440. The molecule has 3 heterocycles. The summed E-state index contributed by atoms with van der Waals surface area (Å²) in [6, 6.07) is 9.31. The molecule has 13 heteroatoms. The molecule has 8 nitrogen and oxygen atoms in total. The van der Waals surface area contributed by atoms with Crippen molar-refractivity contribution in [3.63, 3.8) is 0 Å². The minimum atomic E-state index is -4.80. The quantitative estimate of drug-likeness (QED) is 0.493. The van der Waals surface area contributed by atoms with Crippen LogP contribution in [0.1, 0.15) is 18.1 Å². The summed E-state index contributed by atoms with van der Waals surface area (Å²) in [6.07, 6.45) is -4.80. The van der Waals surface area contributed by atoms with Gasteiger partial charge in [-0.1, -0.05) is 12.1 Å². The highest BCUT2D eigenvalue weighted by Crippen LogP contribution is 2.38. The van der Waals surface area contributed by atoms with Gasteiger partial charge in [0.2, 0.25) is 5.91 Å². The molecule has 0 radical (unpaired) electrons. The first-order valence-corrected chi connectivity index (χ1v) is 12.7. The first-order valence-electron chi connectivity index (χ1n) is 11.2. The number of carbonyl (C=O) groups excluding carboxylic acids is 1. The van der Waals surface area contributed by atoms with E-state index in [4.69, 9.17) is 0 Å². The van der Waals surface area contributed by atoms with E-state index >= 15 is 0 Å². The van der Waals surface area contributed by atoms with Crippen molar-refractivity contribution < 1.29 is 30.8 Å². The van der Waals surface area contributed by atoms with E-state index in [0.717, 1.165) is 18.2 Å². The predicted molar refractivity (Wildman–Crippen MR) is 129 cm³/mol. The van der Waals surface area contributed by atoms with Crippen LogP contribution in [0.5, 0.6) is 0 Å². The molecule has 4 rings (SSSR count). The Kier molecular flexibility index (Phi) is 7.09. The molecule has 1 saturated heterocycles. The molecular weight excluding hydrogens is 514 g/mol. The molecule has 0 spiro atoms. The summed E-state index contributed by atoms with van der Waals surface area (Å²) >= 11 is 0. The molecular formula is C24H23F4N5O3S. The summed E-state index contributed by atoms with van der Waals surface area (Å²) in [5, 5.41) is -0.357. The van der Waals surface area contributed by atoms with Gasteiger partial charge in [-0.3, -0.25) is 9.52 Å². The second-order valence-electron chi connectivity index (χ2n) is 8.48. The van der Waals surface area contributed by atoms with Crippen LogP contribution >= 0.6 is 0 Å². The van der Waals surface area contributed by atoms with E-state index in [1.165, 1.54) is 32.0 Å². The zero-order chi connectivity index (χ0) is 27.0. The van der Waals surface area contributed by atoms with Crippen LogP contribution in [0.4, 0.5) is 29.2 Å². The molecule has 1 aliphatic rings. The normalized spacial score (nSPS) is 14.5. The third-order valence-electron chi connectivity index (χ3n) is 5.93. The van der Waals surface area contributed by atoms with Gasteiger partial charge in [0.05, 0.1) is 11.3 Å². The van der Waals surface area contributed by atoms with Crippen LogP contribution in [0.3, 0.4) is 0 Å². The zero-order valence-corrected chi connectivity index (χ0v) is 20.7. The fourth-order valence-corrected chi connectivity index (χ4v) is 4.93. The van der Waals surface area contributed by atoms with E-state index in [-0.39, 0.29) is 22.3 Å². The molecule has 2 aromatic heterocycles. The summed E-state index contributed by atoms with van der Waals surface area (Å²) in [7, 11) is -4.33. The van der Waals surface area contributed by atoms with Crippen LogP contribution in [0.2, 0.25) is 0 Å². The zero-order valence-electron chi connectivity index (χ0n) is 19.9. The van der Waals surface area contributed by atoms with Crippen molar-refractivity contribution in [2.75, 3.05) is 35.8 Å². The van der Waals surface area contributed by atoms with Crippen LogP contribution in [0, 0.1) is 12.7 Å². The lowest BCUT2D eigenvalue weighted by Crippen LogP contribution is -2.48. The average Bonchev–Trinajstić information content (AvgIpc) is 2.84. The highest BCUT2D eigenvalue weighted by atomic mass is 32.2. The third-order valence-corrected chi connectivity index (χ3v) is 7.18. The number of rotatable bonds is 5. The largest absolute Gasteiger partial charge is 0.418 e. The molecule has 0 unspecified atom stereocenters. The number of anilines is 2. The highest BCUT2D eigenvalue weighted by molar-refractivity contribution is 7.92. The smallest absolute Gasteiger partial charge is 0.353 e. The molecule has 1 aliphatic heterocycles. The Hall–Kier alpha value is -3.74. The number of amides is 1. The Balaban J connectivity index is 1.64. The van der Waals surface area contributed by atoms with E-state index < -0.39 is 33.3 Å².